The van der Waals surface area contributed by atoms with Crippen LogP contribution in [-0.2, 0) is 0 Å². The summed E-state index contributed by atoms with van der Waals surface area (Å²) in [4.78, 5) is 2.54. The fourth-order valence-corrected chi connectivity index (χ4v) is 0.347. The summed E-state index contributed by atoms with van der Waals surface area (Å²) in [7, 11) is 0. The Hall–Kier alpha value is -0.660. The van der Waals surface area contributed by atoms with Crippen LogP contribution in [0.1, 0.15) is 0 Å². The van der Waals surface area contributed by atoms with E-state index in [1.165, 1.54) is 0 Å². The molecule has 44 valence electrons. The molecule has 3 nitrogen and oxygen atoms in total. The lowest BCUT2D eigenvalue weighted by Crippen LogP contribution is -1.66. The molecule has 0 aliphatic rings. The molecule has 0 fully saturated rings. The minimum absolute atomic E-state index is 0.392. The first-order valence-electron chi connectivity index (χ1n) is 2.13. The van der Waals surface area contributed by atoms with Crippen LogP contribution in [0.25, 0.3) is 10.4 Å². The van der Waals surface area contributed by atoms with Gasteiger partial charge in [-0.2, -0.15) is 0 Å². The van der Waals surface area contributed by atoms with Crippen molar-refractivity contribution in [1.29, 1.82) is 0 Å². The van der Waals surface area contributed by atoms with Gasteiger partial charge in [0, 0.05) is 17.3 Å². The van der Waals surface area contributed by atoms with Crippen LogP contribution in [0.3, 0.4) is 0 Å². The van der Waals surface area contributed by atoms with E-state index in [0.29, 0.717) is 12.4 Å². The third-order valence-electron chi connectivity index (χ3n) is 0.506. The molecule has 0 aromatic carbocycles. The predicted octanol–water partition coefficient (Wildman–Crippen LogP) is 2.09. The molecular formula is C4H6ClN3. The van der Waals surface area contributed by atoms with Crippen LogP contribution in [-0.4, -0.2) is 12.4 Å². The van der Waals surface area contributed by atoms with Crippen LogP contribution in [0.2, 0.25) is 0 Å². The fourth-order valence-electron chi connectivity index (χ4n) is 0.221. The van der Waals surface area contributed by atoms with E-state index < -0.39 is 0 Å². The number of nitrogens with zero attached hydrogens (tertiary/aromatic N) is 3. The van der Waals surface area contributed by atoms with Crippen molar-refractivity contribution in [3.8, 4) is 0 Å². The molecule has 0 atom stereocenters. The zero-order valence-electron chi connectivity index (χ0n) is 4.29. The van der Waals surface area contributed by atoms with Crippen LogP contribution >= 0.6 is 11.6 Å². The van der Waals surface area contributed by atoms with Crippen molar-refractivity contribution in [2.24, 2.45) is 5.11 Å². The van der Waals surface area contributed by atoms with E-state index in [4.69, 9.17) is 17.1 Å². The highest BCUT2D eigenvalue weighted by Gasteiger charge is 1.67. The topological polar surface area (TPSA) is 48.8 Å². The molecule has 0 aromatic rings. The Morgan fingerprint density at radius 3 is 2.88 bits per heavy atom. The van der Waals surface area contributed by atoms with Gasteiger partial charge in [0.1, 0.15) is 0 Å². The van der Waals surface area contributed by atoms with Gasteiger partial charge in [-0.25, -0.2) is 0 Å². The second-order valence-corrected chi connectivity index (χ2v) is 1.35. The van der Waals surface area contributed by atoms with Gasteiger partial charge < -0.3 is 0 Å². The van der Waals surface area contributed by atoms with Gasteiger partial charge in [-0.15, -0.1) is 11.6 Å². The van der Waals surface area contributed by atoms with Crippen molar-refractivity contribution >= 4 is 11.6 Å². The van der Waals surface area contributed by atoms with Crippen molar-refractivity contribution in [2.75, 3.05) is 12.4 Å². The van der Waals surface area contributed by atoms with Crippen molar-refractivity contribution < 1.29 is 0 Å². The minimum atomic E-state index is 0.392. The maximum Gasteiger partial charge on any atom is 0.0440 e. The van der Waals surface area contributed by atoms with Gasteiger partial charge in [-0.1, -0.05) is 17.3 Å². The molecule has 0 amide bonds. The van der Waals surface area contributed by atoms with Crippen LogP contribution in [0.15, 0.2) is 17.3 Å². The van der Waals surface area contributed by atoms with Crippen molar-refractivity contribution in [3.05, 3.63) is 22.6 Å². The Morgan fingerprint density at radius 1 is 1.62 bits per heavy atom. The van der Waals surface area contributed by atoms with Gasteiger partial charge in [0.15, 0.2) is 0 Å². The number of rotatable bonds is 3. The van der Waals surface area contributed by atoms with Crippen LogP contribution in [0.4, 0.5) is 0 Å². The van der Waals surface area contributed by atoms with Crippen molar-refractivity contribution in [1.82, 2.24) is 0 Å². The smallest absolute Gasteiger partial charge is 0.0440 e. The number of halogens is 1. The van der Waals surface area contributed by atoms with Crippen LogP contribution in [0.5, 0.6) is 0 Å². The van der Waals surface area contributed by atoms with E-state index in [2.05, 4.69) is 10.0 Å². The summed E-state index contributed by atoms with van der Waals surface area (Å²) in [5.41, 5.74) is 7.76. The molecule has 4 heteroatoms. The Balaban J connectivity index is 3.15. The van der Waals surface area contributed by atoms with Gasteiger partial charge in [-0.3, -0.25) is 0 Å². The predicted molar refractivity (Wildman–Crippen MR) is 33.9 cm³/mol. The minimum Gasteiger partial charge on any atom is -0.122 e. The average molecular weight is 132 g/mol. The summed E-state index contributed by atoms with van der Waals surface area (Å²) in [6.45, 7) is 0.392. The number of hydrogen-bond donors (Lipinski definition) is 0. The lowest BCUT2D eigenvalue weighted by Gasteiger charge is -1.73. The Labute approximate surface area is 52.6 Å². The van der Waals surface area contributed by atoms with Gasteiger partial charge >= 0.3 is 0 Å². The van der Waals surface area contributed by atoms with Crippen LogP contribution in [0, 0.1) is 0 Å². The van der Waals surface area contributed by atoms with Gasteiger partial charge in [0.2, 0.25) is 0 Å². The average Bonchev–Trinajstić information content (AvgIpc) is 1.81. The highest BCUT2D eigenvalue weighted by Crippen LogP contribution is 1.78. The Bertz CT molecular complexity index is 114. The third kappa shape index (κ3) is 5.34. The summed E-state index contributed by atoms with van der Waals surface area (Å²) in [6, 6.07) is 0. The van der Waals surface area contributed by atoms with Crippen molar-refractivity contribution in [2.45, 2.75) is 0 Å². The summed E-state index contributed by atoms with van der Waals surface area (Å²) in [5, 5.41) is 3.24. The Morgan fingerprint density at radius 2 is 2.38 bits per heavy atom. The number of alkyl halides is 1. The molecule has 0 N–H and O–H groups in total. The summed E-state index contributed by atoms with van der Waals surface area (Å²) >= 11 is 5.26. The molecule has 0 radical (unpaired) electrons. The highest BCUT2D eigenvalue weighted by atomic mass is 35.5. The van der Waals surface area contributed by atoms with Gasteiger partial charge in [-0.05, 0) is 5.53 Å². The first-order valence-corrected chi connectivity index (χ1v) is 2.67. The first kappa shape index (κ1) is 7.34. The molecule has 0 aromatic heterocycles. The van der Waals surface area contributed by atoms with E-state index in [-0.39, 0.29) is 0 Å². The fraction of sp³-hybridized carbons (Fsp3) is 0.500. The second-order valence-electron chi connectivity index (χ2n) is 1.04. The molecule has 0 heterocycles. The molecule has 0 saturated heterocycles. The lowest BCUT2D eigenvalue weighted by atomic mass is 10.5. The molecular weight excluding hydrogens is 126 g/mol. The van der Waals surface area contributed by atoms with Crippen LogP contribution < -0.4 is 0 Å². The van der Waals surface area contributed by atoms with Gasteiger partial charge in [0.05, 0.1) is 0 Å². The summed E-state index contributed by atoms with van der Waals surface area (Å²) in [6.07, 6.45) is 3.45. The zero-order chi connectivity index (χ0) is 6.24. The largest absolute Gasteiger partial charge is 0.122 e. The summed E-state index contributed by atoms with van der Waals surface area (Å²) < 4.78 is 0. The normalized spacial score (nSPS) is 9.12. The molecule has 0 rings (SSSR count). The van der Waals surface area contributed by atoms with E-state index >= 15 is 0 Å². The zero-order valence-corrected chi connectivity index (χ0v) is 5.04. The summed E-state index contributed by atoms with van der Waals surface area (Å²) in [5.74, 6) is 0.473. The second kappa shape index (κ2) is 6.34. The van der Waals surface area contributed by atoms with Gasteiger partial charge in [0.25, 0.3) is 0 Å². The number of hydrogen-bond acceptors (Lipinski definition) is 1. The standard InChI is InChI=1S/C4H6ClN3/c5-3-1-2-4-7-8-6/h1-2H,3-4H2/b2-1+. The van der Waals surface area contributed by atoms with E-state index in [9.17, 15) is 0 Å². The van der Waals surface area contributed by atoms with E-state index in [0.717, 1.165) is 0 Å². The number of azide groups is 1. The first-order chi connectivity index (χ1) is 3.91. The molecule has 0 aliphatic heterocycles. The monoisotopic (exact) mass is 131 g/mol. The van der Waals surface area contributed by atoms with E-state index in [1.54, 1.807) is 12.2 Å². The molecule has 0 aliphatic carbocycles. The molecule has 0 saturated carbocycles. The number of allylic oxidation sites excluding steroid dienone is 1. The highest BCUT2D eigenvalue weighted by molar-refractivity contribution is 6.18. The SMILES string of the molecule is [N-]=[N+]=NC/C=C/CCl. The van der Waals surface area contributed by atoms with Crippen molar-refractivity contribution in [3.63, 3.8) is 0 Å². The van der Waals surface area contributed by atoms with E-state index in [1.807, 2.05) is 0 Å². The molecule has 0 unspecified atom stereocenters. The molecule has 0 spiro atoms. The molecule has 0 bridgehead atoms. The maximum absolute atomic E-state index is 7.76. The quantitative estimate of drug-likeness (QED) is 0.185. The molecule has 8 heavy (non-hydrogen) atoms. The Kier molecular flexibility index (Phi) is 5.82. The lowest BCUT2D eigenvalue weighted by molar-refractivity contribution is 1.21. The maximum atomic E-state index is 7.76. The third-order valence-corrected chi connectivity index (χ3v) is 0.684.